The van der Waals surface area contributed by atoms with E-state index < -0.39 is 0 Å². The van der Waals surface area contributed by atoms with Gasteiger partial charge in [-0.1, -0.05) is 29.3 Å². The van der Waals surface area contributed by atoms with Crippen molar-refractivity contribution in [2.75, 3.05) is 45.3 Å². The van der Waals surface area contributed by atoms with Crippen LogP contribution in [-0.4, -0.2) is 45.3 Å². The zero-order chi connectivity index (χ0) is 17.8. The van der Waals surface area contributed by atoms with E-state index in [9.17, 15) is 0 Å². The lowest BCUT2D eigenvalue weighted by Crippen LogP contribution is -2.45. The highest BCUT2D eigenvalue weighted by Crippen LogP contribution is 2.29. The number of anilines is 1. The van der Waals surface area contributed by atoms with E-state index in [1.807, 2.05) is 30.3 Å². The van der Waals surface area contributed by atoms with E-state index in [2.05, 4.69) is 15.9 Å². The molecule has 0 bridgehead atoms. The van der Waals surface area contributed by atoms with Crippen molar-refractivity contribution in [3.05, 3.63) is 52.0 Å². The Bertz CT molecular complexity index is 731. The van der Waals surface area contributed by atoms with E-state index in [0.29, 0.717) is 10.0 Å². The van der Waals surface area contributed by atoms with Crippen molar-refractivity contribution in [1.82, 2.24) is 4.90 Å². The number of halogens is 2. The lowest BCUT2D eigenvalue weighted by Gasteiger charge is -2.36. The predicted molar refractivity (Wildman–Crippen MR) is 103 cm³/mol. The first-order chi connectivity index (χ1) is 12.1. The Morgan fingerprint density at radius 2 is 1.56 bits per heavy atom. The van der Waals surface area contributed by atoms with Gasteiger partial charge in [-0.25, -0.2) is 0 Å². The van der Waals surface area contributed by atoms with Crippen molar-refractivity contribution in [3.8, 4) is 11.5 Å². The minimum absolute atomic E-state index is 0.595. The van der Waals surface area contributed by atoms with Gasteiger partial charge in [-0.15, -0.1) is 0 Å². The molecule has 1 saturated heterocycles. The van der Waals surface area contributed by atoms with E-state index in [-0.39, 0.29) is 0 Å². The smallest absolute Gasteiger partial charge is 0.161 e. The van der Waals surface area contributed by atoms with Crippen molar-refractivity contribution >= 4 is 28.9 Å². The second-order valence-corrected chi connectivity index (χ2v) is 6.87. The van der Waals surface area contributed by atoms with Gasteiger partial charge in [-0.05, 0) is 35.9 Å². The molecule has 1 aliphatic heterocycles. The van der Waals surface area contributed by atoms with Crippen LogP contribution in [0.5, 0.6) is 11.5 Å². The van der Waals surface area contributed by atoms with Crippen LogP contribution in [0.1, 0.15) is 5.56 Å². The summed E-state index contributed by atoms with van der Waals surface area (Å²) in [6.45, 7) is 4.81. The summed E-state index contributed by atoms with van der Waals surface area (Å²) in [5, 5.41) is 1.20. The maximum absolute atomic E-state index is 6.13. The van der Waals surface area contributed by atoms with Gasteiger partial charge in [-0.2, -0.15) is 0 Å². The molecule has 6 heteroatoms. The highest BCUT2D eigenvalue weighted by Gasteiger charge is 2.18. The van der Waals surface area contributed by atoms with Crippen LogP contribution < -0.4 is 14.4 Å². The fourth-order valence-electron chi connectivity index (χ4n) is 3.08. The summed E-state index contributed by atoms with van der Waals surface area (Å²) in [5.41, 5.74) is 2.35. The maximum atomic E-state index is 6.13. The molecule has 0 N–H and O–H groups in total. The molecule has 1 fully saturated rings. The molecule has 2 aromatic rings. The minimum atomic E-state index is 0.595. The van der Waals surface area contributed by atoms with Crippen LogP contribution in [-0.2, 0) is 6.54 Å². The van der Waals surface area contributed by atoms with Crippen molar-refractivity contribution in [1.29, 1.82) is 0 Å². The van der Waals surface area contributed by atoms with E-state index in [1.54, 1.807) is 14.2 Å². The maximum Gasteiger partial charge on any atom is 0.161 e. The average molecular weight is 381 g/mol. The summed E-state index contributed by atoms with van der Waals surface area (Å²) in [4.78, 5) is 4.78. The van der Waals surface area contributed by atoms with Crippen molar-refractivity contribution in [3.63, 3.8) is 0 Å². The minimum Gasteiger partial charge on any atom is -0.493 e. The molecule has 0 atom stereocenters. The van der Waals surface area contributed by atoms with Gasteiger partial charge in [0.2, 0.25) is 0 Å². The third-order valence-electron chi connectivity index (χ3n) is 4.49. The molecule has 2 aromatic carbocycles. The predicted octanol–water partition coefficient (Wildman–Crippen LogP) is 4.33. The third-order valence-corrected chi connectivity index (χ3v) is 5.23. The first-order valence-corrected chi connectivity index (χ1v) is 8.99. The molecule has 4 nitrogen and oxygen atoms in total. The Labute approximate surface area is 158 Å². The van der Waals surface area contributed by atoms with Crippen LogP contribution in [0.2, 0.25) is 10.0 Å². The average Bonchev–Trinajstić information content (AvgIpc) is 2.64. The fraction of sp³-hybridized carbons (Fsp3) is 0.368. The van der Waals surface area contributed by atoms with Crippen LogP contribution >= 0.6 is 23.2 Å². The van der Waals surface area contributed by atoms with Crippen molar-refractivity contribution in [2.45, 2.75) is 6.54 Å². The first-order valence-electron chi connectivity index (χ1n) is 8.24. The van der Waals surface area contributed by atoms with Gasteiger partial charge in [-0.3, -0.25) is 4.90 Å². The largest absolute Gasteiger partial charge is 0.493 e. The van der Waals surface area contributed by atoms with E-state index >= 15 is 0 Å². The van der Waals surface area contributed by atoms with Crippen LogP contribution in [0.4, 0.5) is 5.69 Å². The molecule has 134 valence electrons. The monoisotopic (exact) mass is 380 g/mol. The van der Waals surface area contributed by atoms with Crippen molar-refractivity contribution < 1.29 is 9.47 Å². The molecule has 0 amide bonds. The van der Waals surface area contributed by atoms with Crippen LogP contribution in [0.15, 0.2) is 36.4 Å². The van der Waals surface area contributed by atoms with E-state index in [0.717, 1.165) is 49.9 Å². The molecule has 0 unspecified atom stereocenters. The normalized spacial score (nSPS) is 15.3. The second-order valence-electron chi connectivity index (χ2n) is 6.05. The Morgan fingerprint density at radius 1 is 0.840 bits per heavy atom. The number of rotatable bonds is 5. The molecular weight excluding hydrogens is 359 g/mol. The molecule has 0 saturated carbocycles. The summed E-state index contributed by atoms with van der Waals surface area (Å²) in [5.74, 6) is 1.53. The molecule has 0 spiro atoms. The highest BCUT2D eigenvalue weighted by molar-refractivity contribution is 6.42. The Balaban J connectivity index is 1.60. The van der Waals surface area contributed by atoms with Crippen LogP contribution in [0.25, 0.3) is 0 Å². The quantitative estimate of drug-likeness (QED) is 0.770. The Morgan fingerprint density at radius 3 is 2.20 bits per heavy atom. The number of hydrogen-bond acceptors (Lipinski definition) is 4. The van der Waals surface area contributed by atoms with Gasteiger partial charge in [0.1, 0.15) is 0 Å². The van der Waals surface area contributed by atoms with Gasteiger partial charge >= 0.3 is 0 Å². The van der Waals surface area contributed by atoms with Gasteiger partial charge in [0.15, 0.2) is 11.5 Å². The lowest BCUT2D eigenvalue weighted by molar-refractivity contribution is 0.249. The number of hydrogen-bond donors (Lipinski definition) is 0. The summed E-state index contributed by atoms with van der Waals surface area (Å²) >= 11 is 12.1. The molecule has 0 aromatic heterocycles. The molecule has 0 aliphatic carbocycles. The number of nitrogens with zero attached hydrogens (tertiary/aromatic N) is 2. The SMILES string of the molecule is COc1ccc(CN2CCN(c3ccc(Cl)c(Cl)c3)CC2)cc1OC. The standard InChI is InChI=1S/C19H22Cl2N2O2/c1-24-18-6-3-14(11-19(18)25-2)13-22-7-9-23(10-8-22)15-4-5-16(20)17(21)12-15/h3-6,11-12H,7-10,13H2,1-2H3. The zero-order valence-electron chi connectivity index (χ0n) is 14.5. The summed E-state index contributed by atoms with van der Waals surface area (Å²) < 4.78 is 10.7. The van der Waals surface area contributed by atoms with Crippen molar-refractivity contribution in [2.24, 2.45) is 0 Å². The Hall–Kier alpha value is -1.62. The number of methoxy groups -OCH3 is 2. The number of piperazine rings is 1. The molecule has 3 rings (SSSR count). The third kappa shape index (κ3) is 4.32. The number of ether oxygens (including phenoxy) is 2. The van der Waals surface area contributed by atoms with Gasteiger partial charge < -0.3 is 14.4 Å². The first kappa shape index (κ1) is 18.2. The van der Waals surface area contributed by atoms with E-state index in [1.165, 1.54) is 5.56 Å². The van der Waals surface area contributed by atoms with Crippen LogP contribution in [0, 0.1) is 0 Å². The lowest BCUT2D eigenvalue weighted by atomic mass is 10.1. The summed E-state index contributed by atoms with van der Waals surface area (Å²) in [6, 6.07) is 11.9. The van der Waals surface area contributed by atoms with Gasteiger partial charge in [0, 0.05) is 38.4 Å². The van der Waals surface area contributed by atoms with Crippen LogP contribution in [0.3, 0.4) is 0 Å². The summed E-state index contributed by atoms with van der Waals surface area (Å²) in [7, 11) is 3.32. The molecule has 1 heterocycles. The highest BCUT2D eigenvalue weighted by atomic mass is 35.5. The molecule has 25 heavy (non-hydrogen) atoms. The molecule has 1 aliphatic rings. The zero-order valence-corrected chi connectivity index (χ0v) is 16.0. The topological polar surface area (TPSA) is 24.9 Å². The van der Waals surface area contributed by atoms with E-state index in [4.69, 9.17) is 32.7 Å². The fourth-order valence-corrected chi connectivity index (χ4v) is 3.38. The molecular formula is C19H22Cl2N2O2. The molecule has 0 radical (unpaired) electrons. The number of benzene rings is 2. The second kappa shape index (κ2) is 8.17. The summed E-state index contributed by atoms with van der Waals surface area (Å²) in [6.07, 6.45) is 0. The Kier molecular flexibility index (Phi) is 5.94. The van der Waals surface area contributed by atoms with Gasteiger partial charge in [0.05, 0.1) is 24.3 Å². The van der Waals surface area contributed by atoms with Gasteiger partial charge in [0.25, 0.3) is 0 Å².